The Labute approximate surface area is 192 Å². The van der Waals surface area contributed by atoms with Crippen LogP contribution in [-0.2, 0) is 11.3 Å². The summed E-state index contributed by atoms with van der Waals surface area (Å²) in [5.74, 6) is -1.84. The number of nitrogens with one attached hydrogen (secondary N) is 1. The predicted molar refractivity (Wildman–Crippen MR) is 121 cm³/mol. The van der Waals surface area contributed by atoms with E-state index in [4.69, 9.17) is 23.2 Å². The molecule has 2 N–H and O–H groups in total. The average molecular weight is 465 g/mol. The Morgan fingerprint density at radius 2 is 1.81 bits per heavy atom. The summed E-state index contributed by atoms with van der Waals surface area (Å²) in [7, 11) is 0. The van der Waals surface area contributed by atoms with E-state index in [0.29, 0.717) is 22.0 Å². The van der Waals surface area contributed by atoms with E-state index in [2.05, 4.69) is 16.4 Å². The third kappa shape index (κ3) is 3.89. The minimum atomic E-state index is -0.945. The zero-order valence-corrected chi connectivity index (χ0v) is 17.9. The van der Waals surface area contributed by atoms with Crippen LogP contribution in [0.5, 0.6) is 5.75 Å². The Morgan fingerprint density at radius 1 is 1.09 bits per heavy atom. The molecule has 4 rings (SSSR count). The van der Waals surface area contributed by atoms with Gasteiger partial charge in [0.05, 0.1) is 38.4 Å². The number of rotatable bonds is 5. The number of carbonyl (C=O) groups excluding carboxylic acids is 2. The Balaban J connectivity index is 1.75. The lowest BCUT2D eigenvalue weighted by Crippen LogP contribution is -2.23. The Morgan fingerprint density at radius 3 is 2.53 bits per heavy atom. The van der Waals surface area contributed by atoms with Gasteiger partial charge in [0.25, 0.3) is 11.7 Å². The number of Topliss-reactive ketones (excluding diaryl/α,β-unsaturated/α-hetero) is 1. The van der Waals surface area contributed by atoms with Crippen LogP contribution < -0.4 is 5.32 Å². The van der Waals surface area contributed by atoms with E-state index in [1.807, 2.05) is 0 Å². The third-order valence-electron chi connectivity index (χ3n) is 4.90. The number of aromatic nitrogens is 2. The van der Waals surface area contributed by atoms with Gasteiger partial charge in [0.1, 0.15) is 5.75 Å². The minimum absolute atomic E-state index is 0.0587. The number of benzene rings is 2. The quantitative estimate of drug-likeness (QED) is 0.326. The summed E-state index contributed by atoms with van der Waals surface area (Å²) in [5, 5.41) is 22.8. The number of hydrogen-bond acceptors (Lipinski definition) is 5. The van der Waals surface area contributed by atoms with E-state index >= 15 is 0 Å². The fourth-order valence-electron chi connectivity index (χ4n) is 3.42. The van der Waals surface area contributed by atoms with E-state index in [-0.39, 0.29) is 33.6 Å². The average Bonchev–Trinajstić information content (AvgIpc) is 3.15. The number of pyridine rings is 1. The number of phenolic OH excluding ortho intramolecular Hbond substituents is 1. The van der Waals surface area contributed by atoms with Crippen molar-refractivity contribution in [2.45, 2.75) is 6.54 Å². The Bertz CT molecular complexity index is 1400. The summed E-state index contributed by atoms with van der Waals surface area (Å²) in [6.07, 6.45) is 4.07. The van der Waals surface area contributed by atoms with Crippen LogP contribution in [0.4, 0.5) is 5.69 Å². The van der Waals surface area contributed by atoms with Gasteiger partial charge in [-0.1, -0.05) is 53.5 Å². The summed E-state index contributed by atoms with van der Waals surface area (Å²) in [4.78, 5) is 29.5. The number of phenols is 1. The minimum Gasteiger partial charge on any atom is -0.506 e. The molecule has 158 valence electrons. The molecule has 4 aromatic rings. The van der Waals surface area contributed by atoms with Crippen molar-refractivity contribution in [3.05, 3.63) is 87.8 Å². The highest BCUT2D eigenvalue weighted by Gasteiger charge is 2.24. The van der Waals surface area contributed by atoms with Gasteiger partial charge in [0, 0.05) is 30.5 Å². The van der Waals surface area contributed by atoms with Crippen molar-refractivity contribution in [3.63, 3.8) is 0 Å². The first-order chi connectivity index (χ1) is 15.4. The molecule has 0 bridgehead atoms. The fraction of sp³-hybridized carbons (Fsp3) is 0.0435. The molecule has 0 radical (unpaired) electrons. The monoisotopic (exact) mass is 464 g/mol. The predicted octanol–water partition coefficient (Wildman–Crippen LogP) is 4.79. The highest BCUT2D eigenvalue weighted by molar-refractivity contribution is 6.50. The van der Waals surface area contributed by atoms with E-state index in [1.165, 1.54) is 24.7 Å². The summed E-state index contributed by atoms with van der Waals surface area (Å²) in [6.45, 7) is 0.217. The van der Waals surface area contributed by atoms with Gasteiger partial charge in [0.15, 0.2) is 0 Å². The van der Waals surface area contributed by atoms with Crippen LogP contribution in [0.25, 0.3) is 10.9 Å². The maximum Gasteiger partial charge on any atom is 0.296 e. The molecule has 0 saturated heterocycles. The van der Waals surface area contributed by atoms with Crippen LogP contribution in [-0.4, -0.2) is 26.3 Å². The maximum atomic E-state index is 13.0. The largest absolute Gasteiger partial charge is 0.506 e. The lowest BCUT2D eigenvalue weighted by Gasteiger charge is -2.08. The molecule has 2 aromatic carbocycles. The lowest BCUT2D eigenvalue weighted by molar-refractivity contribution is -0.112. The van der Waals surface area contributed by atoms with Crippen LogP contribution >= 0.6 is 23.2 Å². The maximum absolute atomic E-state index is 13.0. The zero-order chi connectivity index (χ0) is 22.8. The second-order valence-electron chi connectivity index (χ2n) is 6.87. The molecule has 0 aliphatic rings. The molecular weight excluding hydrogens is 451 g/mol. The molecule has 2 heterocycles. The number of hydrogen-bond donors (Lipinski definition) is 2. The lowest BCUT2D eigenvalue weighted by atomic mass is 10.1. The summed E-state index contributed by atoms with van der Waals surface area (Å²) < 4.78 is 1.63. The molecule has 0 spiro atoms. The van der Waals surface area contributed by atoms with Crippen LogP contribution in [0.15, 0.2) is 61.1 Å². The first-order valence-electron chi connectivity index (χ1n) is 9.34. The number of nitrogens with zero attached hydrogens (tertiary/aromatic N) is 3. The number of ketones is 1. The van der Waals surface area contributed by atoms with Gasteiger partial charge in [0.2, 0.25) is 0 Å². The molecule has 0 unspecified atom stereocenters. The number of para-hydroxylation sites is 1. The summed E-state index contributed by atoms with van der Waals surface area (Å²) in [6, 6.07) is 13.8. The molecule has 0 atom stereocenters. The van der Waals surface area contributed by atoms with Crippen molar-refractivity contribution < 1.29 is 14.7 Å². The highest BCUT2D eigenvalue weighted by Crippen LogP contribution is 2.32. The van der Waals surface area contributed by atoms with Gasteiger partial charge in [-0.05, 0) is 17.7 Å². The van der Waals surface area contributed by atoms with E-state index in [9.17, 15) is 20.0 Å². The number of anilines is 1. The van der Waals surface area contributed by atoms with Gasteiger partial charge in [-0.2, -0.15) is 5.26 Å². The van der Waals surface area contributed by atoms with Gasteiger partial charge in [-0.25, -0.2) is 0 Å². The highest BCUT2D eigenvalue weighted by atomic mass is 35.5. The summed E-state index contributed by atoms with van der Waals surface area (Å²) >= 11 is 12.1. The second-order valence-corrected chi connectivity index (χ2v) is 7.69. The molecule has 9 heteroatoms. The number of carbonyl (C=O) groups is 2. The molecule has 2 aromatic heterocycles. The fourth-order valence-corrected chi connectivity index (χ4v) is 3.88. The molecule has 0 fully saturated rings. The first kappa shape index (κ1) is 21.4. The normalized spacial score (nSPS) is 10.7. The molecule has 0 saturated carbocycles. The number of fused-ring (bicyclic) bond motifs is 1. The van der Waals surface area contributed by atoms with Gasteiger partial charge in [-0.15, -0.1) is 0 Å². The third-order valence-corrected chi connectivity index (χ3v) is 5.47. The number of aromatic hydroxyl groups is 1. The molecule has 0 aliphatic carbocycles. The molecular formula is C23H14Cl2N4O3. The van der Waals surface area contributed by atoms with E-state index in [1.54, 1.807) is 41.0 Å². The van der Waals surface area contributed by atoms with Crippen LogP contribution in [0.2, 0.25) is 10.0 Å². The Kier molecular flexibility index (Phi) is 5.82. The van der Waals surface area contributed by atoms with Crippen molar-refractivity contribution in [2.24, 2.45) is 0 Å². The molecule has 1 amide bonds. The number of amides is 1. The van der Waals surface area contributed by atoms with E-state index in [0.717, 1.165) is 0 Å². The molecule has 0 aliphatic heterocycles. The van der Waals surface area contributed by atoms with Crippen molar-refractivity contribution in [1.82, 2.24) is 9.55 Å². The zero-order valence-electron chi connectivity index (χ0n) is 16.3. The number of nitriles is 1. The summed E-state index contributed by atoms with van der Waals surface area (Å²) in [5.41, 5.74) is 1.71. The standard InChI is InChI=1S/C23H14Cl2N4O3/c24-17-9-27-10-18(25)20(17)28-23(32)22(31)16-12-29(21-15(16)6-3-7-19(21)30)11-14-5-2-1-4-13(14)8-26/h1-7,9-10,12,30H,11H2,(H,27,28,32). The van der Waals surface area contributed by atoms with Crippen molar-refractivity contribution in [2.75, 3.05) is 5.32 Å². The van der Waals surface area contributed by atoms with Gasteiger partial charge >= 0.3 is 0 Å². The second kappa shape index (κ2) is 8.71. The smallest absolute Gasteiger partial charge is 0.296 e. The number of halogens is 2. The van der Waals surface area contributed by atoms with E-state index < -0.39 is 11.7 Å². The van der Waals surface area contributed by atoms with Crippen LogP contribution in [0, 0.1) is 11.3 Å². The molecule has 7 nitrogen and oxygen atoms in total. The van der Waals surface area contributed by atoms with Gasteiger partial charge < -0.3 is 15.0 Å². The Hall–Kier alpha value is -3.86. The van der Waals surface area contributed by atoms with Crippen LogP contribution in [0.3, 0.4) is 0 Å². The van der Waals surface area contributed by atoms with Crippen molar-refractivity contribution in [1.29, 1.82) is 5.26 Å². The van der Waals surface area contributed by atoms with Gasteiger partial charge in [-0.3, -0.25) is 14.6 Å². The topological polar surface area (TPSA) is 108 Å². The van der Waals surface area contributed by atoms with Crippen molar-refractivity contribution >= 4 is 51.5 Å². The first-order valence-corrected chi connectivity index (χ1v) is 10.1. The SMILES string of the molecule is N#Cc1ccccc1Cn1cc(C(=O)C(=O)Nc2c(Cl)cncc2Cl)c2cccc(O)c21. The van der Waals surface area contributed by atoms with Crippen molar-refractivity contribution in [3.8, 4) is 11.8 Å². The van der Waals surface area contributed by atoms with Crippen LogP contribution in [0.1, 0.15) is 21.5 Å². The molecule has 32 heavy (non-hydrogen) atoms.